The van der Waals surface area contributed by atoms with Gasteiger partial charge in [-0.15, -0.1) is 0 Å². The SMILES string of the molecule is Fc1ccc(-c2nc(NCCCCc3ccc(C(F)(F)F)cc3)sc2-c2ccc3cnccc3c2)cc1F. The van der Waals surface area contributed by atoms with Crippen LogP contribution in [-0.2, 0) is 12.6 Å². The fraction of sp³-hybridized carbons (Fsp3) is 0.172. The zero-order valence-electron chi connectivity index (χ0n) is 20.0. The van der Waals surface area contributed by atoms with Crippen LogP contribution >= 0.6 is 11.3 Å². The molecular weight excluding hydrogens is 517 g/mol. The van der Waals surface area contributed by atoms with Crippen molar-refractivity contribution >= 4 is 27.2 Å². The smallest absolute Gasteiger partial charge is 0.361 e. The van der Waals surface area contributed by atoms with Crippen LogP contribution in [0.2, 0.25) is 0 Å². The van der Waals surface area contributed by atoms with Gasteiger partial charge in [0.25, 0.3) is 0 Å². The molecule has 0 saturated heterocycles. The Morgan fingerprint density at radius 1 is 0.789 bits per heavy atom. The van der Waals surface area contributed by atoms with Gasteiger partial charge < -0.3 is 5.32 Å². The Balaban J connectivity index is 1.30. The molecule has 0 fully saturated rings. The first-order valence-electron chi connectivity index (χ1n) is 12.0. The van der Waals surface area contributed by atoms with Gasteiger partial charge in [-0.1, -0.05) is 35.6 Å². The summed E-state index contributed by atoms with van der Waals surface area (Å²) in [4.78, 5) is 9.66. The topological polar surface area (TPSA) is 37.8 Å². The molecule has 0 bridgehead atoms. The van der Waals surface area contributed by atoms with Crippen molar-refractivity contribution in [3.05, 3.63) is 102 Å². The molecule has 5 rings (SSSR count). The fourth-order valence-electron chi connectivity index (χ4n) is 4.16. The molecule has 0 aliphatic rings. The minimum absolute atomic E-state index is 0.473. The number of fused-ring (bicyclic) bond motifs is 1. The summed E-state index contributed by atoms with van der Waals surface area (Å²) in [5.41, 5.74) is 2.12. The lowest BCUT2D eigenvalue weighted by atomic mass is 10.0. The number of unbranched alkanes of at least 4 members (excludes halogenated alkanes) is 1. The van der Waals surface area contributed by atoms with Crippen molar-refractivity contribution in [2.75, 3.05) is 11.9 Å². The Labute approximate surface area is 220 Å². The zero-order chi connectivity index (χ0) is 26.7. The molecule has 0 aliphatic heterocycles. The van der Waals surface area contributed by atoms with Gasteiger partial charge in [-0.05, 0) is 78.2 Å². The number of nitrogens with zero attached hydrogens (tertiary/aromatic N) is 2. The summed E-state index contributed by atoms with van der Waals surface area (Å²) in [5, 5.41) is 5.93. The van der Waals surface area contributed by atoms with Gasteiger partial charge >= 0.3 is 6.18 Å². The van der Waals surface area contributed by atoms with E-state index in [-0.39, 0.29) is 0 Å². The molecule has 0 saturated carbocycles. The Morgan fingerprint density at radius 2 is 1.58 bits per heavy atom. The highest BCUT2D eigenvalue weighted by atomic mass is 32.1. The number of aromatic nitrogens is 2. The molecule has 194 valence electrons. The van der Waals surface area contributed by atoms with E-state index < -0.39 is 23.4 Å². The third kappa shape index (κ3) is 5.83. The van der Waals surface area contributed by atoms with E-state index in [4.69, 9.17) is 4.98 Å². The lowest BCUT2D eigenvalue weighted by molar-refractivity contribution is -0.137. The van der Waals surface area contributed by atoms with Gasteiger partial charge in [0.15, 0.2) is 16.8 Å². The summed E-state index contributed by atoms with van der Waals surface area (Å²) in [7, 11) is 0. The van der Waals surface area contributed by atoms with E-state index in [1.807, 2.05) is 24.3 Å². The number of rotatable bonds is 8. The molecule has 1 N–H and O–H groups in total. The van der Waals surface area contributed by atoms with Crippen LogP contribution in [0.5, 0.6) is 0 Å². The van der Waals surface area contributed by atoms with Gasteiger partial charge in [0.05, 0.1) is 16.1 Å². The summed E-state index contributed by atoms with van der Waals surface area (Å²) in [6.45, 7) is 0.605. The van der Waals surface area contributed by atoms with Crippen molar-refractivity contribution in [1.82, 2.24) is 9.97 Å². The van der Waals surface area contributed by atoms with Gasteiger partial charge in [-0.25, -0.2) is 13.8 Å². The van der Waals surface area contributed by atoms with E-state index in [0.717, 1.165) is 63.9 Å². The Morgan fingerprint density at radius 3 is 2.34 bits per heavy atom. The molecule has 0 radical (unpaired) electrons. The highest BCUT2D eigenvalue weighted by Crippen LogP contribution is 2.40. The van der Waals surface area contributed by atoms with E-state index in [0.29, 0.717) is 29.4 Å². The quantitative estimate of drug-likeness (QED) is 0.158. The number of anilines is 1. The third-order valence-electron chi connectivity index (χ3n) is 6.17. The molecule has 0 amide bonds. The van der Waals surface area contributed by atoms with Crippen molar-refractivity contribution < 1.29 is 22.0 Å². The van der Waals surface area contributed by atoms with Crippen LogP contribution in [0.3, 0.4) is 0 Å². The standard InChI is InChI=1S/C29H22F5N3S/c30-24-11-8-20(16-25(24)31)26-27(21-6-7-22-17-35-14-12-19(22)15-21)38-28(37-26)36-13-2-1-3-18-4-9-23(10-5-18)29(32,33)34/h4-12,14-17H,1-3,13H2,(H,36,37). The second-order valence-electron chi connectivity index (χ2n) is 8.84. The molecule has 3 aromatic carbocycles. The summed E-state index contributed by atoms with van der Waals surface area (Å²) in [6.07, 6.45) is 1.38. The maximum absolute atomic E-state index is 14.0. The highest BCUT2D eigenvalue weighted by Gasteiger charge is 2.29. The second-order valence-corrected chi connectivity index (χ2v) is 9.84. The van der Waals surface area contributed by atoms with Crippen LogP contribution in [0.4, 0.5) is 27.1 Å². The first-order valence-corrected chi connectivity index (χ1v) is 12.8. The molecule has 0 atom stereocenters. The van der Waals surface area contributed by atoms with Crippen LogP contribution in [0, 0.1) is 11.6 Å². The summed E-state index contributed by atoms with van der Waals surface area (Å²) < 4.78 is 65.8. The van der Waals surface area contributed by atoms with Gasteiger partial charge in [0.2, 0.25) is 0 Å². The molecule has 3 nitrogen and oxygen atoms in total. The summed E-state index contributed by atoms with van der Waals surface area (Å²) >= 11 is 1.42. The summed E-state index contributed by atoms with van der Waals surface area (Å²) in [5.74, 6) is -1.86. The lowest BCUT2D eigenvalue weighted by Gasteiger charge is -2.07. The van der Waals surface area contributed by atoms with E-state index in [1.165, 1.54) is 29.5 Å². The average molecular weight is 540 g/mol. The van der Waals surface area contributed by atoms with E-state index in [2.05, 4.69) is 10.3 Å². The van der Waals surface area contributed by atoms with Crippen LogP contribution in [0.1, 0.15) is 24.0 Å². The molecule has 0 spiro atoms. The molecule has 0 unspecified atom stereocenters. The Kier molecular flexibility index (Phi) is 7.37. The number of alkyl halides is 3. The Bertz CT molecular complexity index is 1560. The number of hydrogen-bond acceptors (Lipinski definition) is 4. The number of hydrogen-bond donors (Lipinski definition) is 1. The van der Waals surface area contributed by atoms with E-state index in [1.54, 1.807) is 12.4 Å². The maximum atomic E-state index is 14.0. The minimum atomic E-state index is -4.34. The number of pyridine rings is 1. The number of halogens is 5. The fourth-order valence-corrected chi connectivity index (χ4v) is 5.17. The van der Waals surface area contributed by atoms with E-state index >= 15 is 0 Å². The van der Waals surface area contributed by atoms with Crippen molar-refractivity contribution in [3.63, 3.8) is 0 Å². The van der Waals surface area contributed by atoms with Gasteiger partial charge in [0.1, 0.15) is 0 Å². The first-order chi connectivity index (χ1) is 18.3. The molecular formula is C29H22F5N3S. The van der Waals surface area contributed by atoms with E-state index in [9.17, 15) is 22.0 Å². The normalized spacial score (nSPS) is 11.7. The van der Waals surface area contributed by atoms with Crippen molar-refractivity contribution in [2.45, 2.75) is 25.4 Å². The van der Waals surface area contributed by atoms with Gasteiger partial charge in [-0.2, -0.15) is 13.2 Å². The second kappa shape index (κ2) is 10.9. The van der Waals surface area contributed by atoms with Gasteiger partial charge in [0, 0.05) is 29.9 Å². The number of nitrogens with one attached hydrogen (secondary N) is 1. The van der Waals surface area contributed by atoms with Crippen LogP contribution in [0.25, 0.3) is 32.5 Å². The molecule has 38 heavy (non-hydrogen) atoms. The van der Waals surface area contributed by atoms with Crippen LogP contribution < -0.4 is 5.32 Å². The largest absolute Gasteiger partial charge is 0.416 e. The molecule has 2 aromatic heterocycles. The number of benzene rings is 3. The highest BCUT2D eigenvalue weighted by molar-refractivity contribution is 7.19. The molecule has 2 heterocycles. The lowest BCUT2D eigenvalue weighted by Crippen LogP contribution is -2.04. The summed E-state index contributed by atoms with van der Waals surface area (Å²) in [6, 6.07) is 16.8. The van der Waals surface area contributed by atoms with Gasteiger partial charge in [-0.3, -0.25) is 4.98 Å². The zero-order valence-corrected chi connectivity index (χ0v) is 20.8. The average Bonchev–Trinajstić information content (AvgIpc) is 3.34. The molecule has 9 heteroatoms. The monoisotopic (exact) mass is 539 g/mol. The number of thiazole rings is 1. The van der Waals surface area contributed by atoms with Crippen LogP contribution in [0.15, 0.2) is 79.1 Å². The number of aryl methyl sites for hydroxylation is 1. The van der Waals surface area contributed by atoms with Crippen molar-refractivity contribution in [3.8, 4) is 21.7 Å². The minimum Gasteiger partial charge on any atom is -0.361 e. The van der Waals surface area contributed by atoms with Crippen molar-refractivity contribution in [2.24, 2.45) is 0 Å². The maximum Gasteiger partial charge on any atom is 0.416 e. The first kappa shape index (κ1) is 25.8. The molecule has 0 aliphatic carbocycles. The third-order valence-corrected chi connectivity index (χ3v) is 7.23. The van der Waals surface area contributed by atoms with Crippen LogP contribution in [-0.4, -0.2) is 16.5 Å². The Hall–Kier alpha value is -3.85. The van der Waals surface area contributed by atoms with Crippen molar-refractivity contribution in [1.29, 1.82) is 0 Å². The predicted molar refractivity (Wildman–Crippen MR) is 141 cm³/mol. The molecule has 5 aromatic rings. The predicted octanol–water partition coefficient (Wildman–Crippen LogP) is 8.76.